The molecule has 18 heavy (non-hydrogen) atoms. The third kappa shape index (κ3) is 2.48. The number of rotatable bonds is 4. The number of hydrogen-bond acceptors (Lipinski definition) is 2. The highest BCUT2D eigenvalue weighted by Crippen LogP contribution is 2.17. The minimum Gasteiger partial charge on any atom is -0.348 e. The van der Waals surface area contributed by atoms with E-state index in [1.807, 2.05) is 38.2 Å². The van der Waals surface area contributed by atoms with E-state index in [-0.39, 0.29) is 11.9 Å². The number of carbonyl (C=O) groups excluding carboxylic acids is 1. The number of aromatic nitrogens is 2. The van der Waals surface area contributed by atoms with Crippen molar-refractivity contribution in [2.45, 2.75) is 19.4 Å². The lowest BCUT2D eigenvalue weighted by atomic mass is 10.2. The summed E-state index contributed by atoms with van der Waals surface area (Å²) in [6.45, 7) is 1.94. The van der Waals surface area contributed by atoms with Crippen molar-refractivity contribution in [1.29, 1.82) is 0 Å². The lowest BCUT2D eigenvalue weighted by molar-refractivity contribution is 0.0935. The van der Waals surface area contributed by atoms with Crippen LogP contribution in [0.5, 0.6) is 0 Å². The monoisotopic (exact) mass is 265 g/mol. The lowest BCUT2D eigenvalue weighted by Crippen LogP contribution is -2.33. The van der Waals surface area contributed by atoms with Gasteiger partial charge in [-0.25, -0.2) is 0 Å². The maximum absolute atomic E-state index is 12.1. The third-order valence-corrected chi connectivity index (χ3v) is 3.11. The van der Waals surface area contributed by atoms with Gasteiger partial charge in [0.25, 0.3) is 5.91 Å². The second-order valence-corrected chi connectivity index (χ2v) is 4.72. The average Bonchev–Trinajstić information content (AvgIpc) is 2.68. The van der Waals surface area contributed by atoms with E-state index in [2.05, 4.69) is 10.4 Å². The summed E-state index contributed by atoms with van der Waals surface area (Å²) in [5, 5.41) is 8.05. The molecule has 0 aliphatic carbocycles. The Kier molecular flexibility index (Phi) is 3.87. The second-order valence-electron chi connectivity index (χ2n) is 4.34. The molecular weight excluding hydrogens is 250 g/mol. The maximum atomic E-state index is 12.1. The fourth-order valence-electron chi connectivity index (χ4n) is 1.91. The van der Waals surface area contributed by atoms with Crippen molar-refractivity contribution in [3.05, 3.63) is 30.0 Å². The smallest absolute Gasteiger partial charge is 0.272 e. The largest absolute Gasteiger partial charge is 0.348 e. The molecule has 1 amide bonds. The van der Waals surface area contributed by atoms with Crippen LogP contribution in [-0.4, -0.2) is 27.6 Å². The Labute approximate surface area is 111 Å². The Morgan fingerprint density at radius 3 is 2.94 bits per heavy atom. The zero-order chi connectivity index (χ0) is 13.1. The van der Waals surface area contributed by atoms with Gasteiger partial charge in [-0.15, -0.1) is 11.6 Å². The number of benzene rings is 1. The second kappa shape index (κ2) is 5.40. The molecule has 96 valence electrons. The fourth-order valence-corrected chi connectivity index (χ4v) is 2.24. The highest BCUT2D eigenvalue weighted by atomic mass is 35.5. The number of aryl methyl sites for hydroxylation is 1. The number of hydrogen-bond donors (Lipinski definition) is 1. The van der Waals surface area contributed by atoms with Crippen molar-refractivity contribution in [3.63, 3.8) is 0 Å². The van der Waals surface area contributed by atoms with Crippen molar-refractivity contribution in [2.75, 3.05) is 5.88 Å². The first-order valence-corrected chi connectivity index (χ1v) is 6.45. The first-order chi connectivity index (χ1) is 8.63. The molecule has 5 heteroatoms. The van der Waals surface area contributed by atoms with E-state index in [0.717, 1.165) is 17.3 Å². The lowest BCUT2D eigenvalue weighted by Gasteiger charge is -2.10. The maximum Gasteiger partial charge on any atom is 0.272 e. The molecule has 0 aliphatic rings. The Bertz CT molecular complexity index is 564. The Hall–Kier alpha value is -1.55. The van der Waals surface area contributed by atoms with E-state index < -0.39 is 0 Å². The zero-order valence-electron chi connectivity index (χ0n) is 10.5. The van der Waals surface area contributed by atoms with Crippen LogP contribution in [0.4, 0.5) is 0 Å². The molecule has 1 aromatic heterocycles. The van der Waals surface area contributed by atoms with Gasteiger partial charge in [-0.3, -0.25) is 9.48 Å². The van der Waals surface area contributed by atoms with Gasteiger partial charge in [0.15, 0.2) is 5.69 Å². The molecule has 2 rings (SSSR count). The molecule has 0 spiro atoms. The van der Waals surface area contributed by atoms with Crippen LogP contribution >= 0.6 is 11.6 Å². The number of nitrogens with one attached hydrogen (secondary N) is 1. The van der Waals surface area contributed by atoms with Gasteiger partial charge < -0.3 is 5.32 Å². The van der Waals surface area contributed by atoms with E-state index in [1.54, 1.807) is 4.68 Å². The van der Waals surface area contributed by atoms with Crippen LogP contribution in [-0.2, 0) is 7.05 Å². The van der Waals surface area contributed by atoms with Crippen LogP contribution in [0.25, 0.3) is 10.9 Å². The Balaban J connectivity index is 2.28. The van der Waals surface area contributed by atoms with Gasteiger partial charge >= 0.3 is 0 Å². The summed E-state index contributed by atoms with van der Waals surface area (Å²) in [6.07, 6.45) is 0.748. The van der Waals surface area contributed by atoms with Crippen LogP contribution < -0.4 is 5.32 Å². The van der Waals surface area contributed by atoms with Crippen LogP contribution in [0.3, 0.4) is 0 Å². The number of halogens is 1. The number of amides is 1. The minimum absolute atomic E-state index is 0.0516. The molecule has 1 aromatic carbocycles. The molecule has 1 heterocycles. The topological polar surface area (TPSA) is 46.9 Å². The zero-order valence-corrected chi connectivity index (χ0v) is 11.2. The fraction of sp³-hybridized carbons (Fsp3) is 0.385. The van der Waals surface area contributed by atoms with Gasteiger partial charge in [-0.2, -0.15) is 5.10 Å². The van der Waals surface area contributed by atoms with E-state index >= 15 is 0 Å². The molecule has 0 bridgehead atoms. The molecule has 2 aromatic rings. The van der Waals surface area contributed by atoms with Crippen LogP contribution in [0.2, 0.25) is 0 Å². The molecule has 4 nitrogen and oxygen atoms in total. The number of alkyl halides is 1. The molecule has 1 unspecified atom stereocenters. The summed E-state index contributed by atoms with van der Waals surface area (Å²) < 4.78 is 1.72. The summed E-state index contributed by atoms with van der Waals surface area (Å²) in [5.74, 6) is 0.383. The molecule has 1 N–H and O–H groups in total. The predicted molar refractivity (Wildman–Crippen MR) is 73.0 cm³/mol. The van der Waals surface area contributed by atoms with Crippen molar-refractivity contribution >= 4 is 28.4 Å². The van der Waals surface area contributed by atoms with E-state index in [4.69, 9.17) is 11.6 Å². The van der Waals surface area contributed by atoms with Gasteiger partial charge in [-0.1, -0.05) is 18.2 Å². The predicted octanol–water partition coefficient (Wildman–Crippen LogP) is 2.32. The number of carbonyl (C=O) groups is 1. The van der Waals surface area contributed by atoms with Crippen LogP contribution in [0.15, 0.2) is 24.3 Å². The Morgan fingerprint density at radius 2 is 2.22 bits per heavy atom. The molecular formula is C13H16ClN3O. The third-order valence-electron chi connectivity index (χ3n) is 2.89. The van der Waals surface area contributed by atoms with Crippen molar-refractivity contribution in [1.82, 2.24) is 15.1 Å². The molecule has 0 saturated heterocycles. The molecule has 1 atom stereocenters. The number of para-hydroxylation sites is 1. The highest BCUT2D eigenvalue weighted by molar-refractivity contribution is 6.17. The summed E-state index contributed by atoms with van der Waals surface area (Å²) in [6, 6.07) is 7.74. The van der Waals surface area contributed by atoms with Gasteiger partial charge in [0, 0.05) is 24.4 Å². The summed E-state index contributed by atoms with van der Waals surface area (Å²) >= 11 is 5.65. The quantitative estimate of drug-likeness (QED) is 0.863. The van der Waals surface area contributed by atoms with Crippen molar-refractivity contribution < 1.29 is 4.79 Å². The SMILES string of the molecule is CC(CCCl)NC(=O)c1nn(C)c2ccccc12. The first kappa shape index (κ1) is 12.9. The van der Waals surface area contributed by atoms with E-state index in [0.29, 0.717) is 11.6 Å². The standard InChI is InChI=1S/C13H16ClN3O/c1-9(7-8-14)15-13(18)12-10-5-3-4-6-11(10)17(2)16-12/h3-6,9H,7-8H2,1-2H3,(H,15,18). The molecule has 0 radical (unpaired) electrons. The highest BCUT2D eigenvalue weighted by Gasteiger charge is 2.16. The molecule has 0 saturated carbocycles. The van der Waals surface area contributed by atoms with E-state index in [9.17, 15) is 4.79 Å². The van der Waals surface area contributed by atoms with Crippen molar-refractivity contribution in [2.24, 2.45) is 7.05 Å². The summed E-state index contributed by atoms with van der Waals surface area (Å²) in [7, 11) is 1.83. The summed E-state index contributed by atoms with van der Waals surface area (Å²) in [4.78, 5) is 12.1. The Morgan fingerprint density at radius 1 is 1.50 bits per heavy atom. The van der Waals surface area contributed by atoms with Gasteiger partial charge in [0.1, 0.15) is 0 Å². The molecule has 0 aliphatic heterocycles. The average molecular weight is 266 g/mol. The summed E-state index contributed by atoms with van der Waals surface area (Å²) in [5.41, 5.74) is 1.42. The first-order valence-electron chi connectivity index (χ1n) is 5.92. The number of nitrogens with zero attached hydrogens (tertiary/aromatic N) is 2. The normalized spacial score (nSPS) is 12.6. The van der Waals surface area contributed by atoms with E-state index in [1.165, 1.54) is 0 Å². The number of fused-ring (bicyclic) bond motifs is 1. The molecule has 0 fully saturated rings. The van der Waals surface area contributed by atoms with Crippen molar-refractivity contribution in [3.8, 4) is 0 Å². The van der Waals surface area contributed by atoms with Gasteiger partial charge in [-0.05, 0) is 19.4 Å². The minimum atomic E-state index is -0.149. The van der Waals surface area contributed by atoms with Crippen LogP contribution in [0, 0.1) is 0 Å². The van der Waals surface area contributed by atoms with Gasteiger partial charge in [0.2, 0.25) is 0 Å². The van der Waals surface area contributed by atoms with Gasteiger partial charge in [0.05, 0.1) is 5.52 Å². The van der Waals surface area contributed by atoms with Crippen LogP contribution in [0.1, 0.15) is 23.8 Å².